The van der Waals surface area contributed by atoms with Crippen molar-refractivity contribution in [2.45, 2.75) is 51.5 Å². The quantitative estimate of drug-likeness (QED) is 0.876. The second-order valence-corrected chi connectivity index (χ2v) is 6.42. The molecule has 1 spiro atoms. The van der Waals surface area contributed by atoms with Crippen molar-refractivity contribution in [3.05, 3.63) is 29.8 Å². The van der Waals surface area contributed by atoms with E-state index in [1.807, 2.05) is 0 Å². The summed E-state index contributed by atoms with van der Waals surface area (Å²) in [5.41, 5.74) is 9.05. The molecule has 3 rings (SSSR count). The van der Waals surface area contributed by atoms with E-state index in [4.69, 9.17) is 5.73 Å². The zero-order valence-corrected chi connectivity index (χ0v) is 11.9. The minimum absolute atomic E-state index is 0.644. The number of rotatable bonds is 2. The summed E-state index contributed by atoms with van der Waals surface area (Å²) < 4.78 is 0. The first-order valence-corrected chi connectivity index (χ1v) is 7.85. The average molecular weight is 258 g/mol. The van der Waals surface area contributed by atoms with Crippen molar-refractivity contribution in [3.8, 4) is 0 Å². The molecule has 2 N–H and O–H groups in total. The molecule has 0 radical (unpaired) electrons. The largest absolute Gasteiger partial charge is 0.371 e. The van der Waals surface area contributed by atoms with Crippen molar-refractivity contribution in [2.24, 2.45) is 11.1 Å². The molecule has 1 aromatic rings. The third-order valence-electron chi connectivity index (χ3n) is 5.25. The Morgan fingerprint density at radius 2 is 1.74 bits per heavy atom. The smallest absolute Gasteiger partial charge is 0.0369 e. The van der Waals surface area contributed by atoms with Crippen molar-refractivity contribution in [3.63, 3.8) is 0 Å². The molecule has 0 amide bonds. The van der Waals surface area contributed by atoms with Crippen molar-refractivity contribution in [1.82, 2.24) is 0 Å². The van der Waals surface area contributed by atoms with Gasteiger partial charge in [-0.05, 0) is 48.8 Å². The van der Waals surface area contributed by atoms with Gasteiger partial charge in [-0.1, -0.05) is 31.4 Å². The molecule has 1 saturated heterocycles. The number of hydrogen-bond acceptors (Lipinski definition) is 2. The van der Waals surface area contributed by atoms with E-state index in [2.05, 4.69) is 29.2 Å². The first-order chi connectivity index (χ1) is 9.31. The molecule has 2 fully saturated rings. The van der Waals surface area contributed by atoms with Crippen LogP contribution in [0.5, 0.6) is 0 Å². The van der Waals surface area contributed by atoms with Crippen molar-refractivity contribution in [2.75, 3.05) is 18.0 Å². The molecule has 1 aromatic carbocycles. The van der Waals surface area contributed by atoms with Gasteiger partial charge in [-0.3, -0.25) is 0 Å². The van der Waals surface area contributed by atoms with Crippen LogP contribution in [0.1, 0.15) is 50.5 Å². The SMILES string of the molecule is NCc1cccc(N2CCC3(CCCCC3)CC2)c1. The Morgan fingerprint density at radius 3 is 2.42 bits per heavy atom. The van der Waals surface area contributed by atoms with Crippen LogP contribution in [-0.4, -0.2) is 13.1 Å². The summed E-state index contributed by atoms with van der Waals surface area (Å²) >= 11 is 0. The van der Waals surface area contributed by atoms with E-state index in [0.29, 0.717) is 12.0 Å². The van der Waals surface area contributed by atoms with Gasteiger partial charge in [-0.25, -0.2) is 0 Å². The monoisotopic (exact) mass is 258 g/mol. The van der Waals surface area contributed by atoms with Gasteiger partial charge in [0.25, 0.3) is 0 Å². The van der Waals surface area contributed by atoms with Gasteiger partial charge < -0.3 is 10.6 Å². The molecule has 0 unspecified atom stereocenters. The number of hydrogen-bond donors (Lipinski definition) is 1. The summed E-state index contributed by atoms with van der Waals surface area (Å²) in [6, 6.07) is 8.76. The third kappa shape index (κ3) is 2.79. The van der Waals surface area contributed by atoms with E-state index in [9.17, 15) is 0 Å². The Balaban J connectivity index is 1.65. The lowest BCUT2D eigenvalue weighted by molar-refractivity contribution is 0.144. The third-order valence-corrected chi connectivity index (χ3v) is 5.25. The van der Waals surface area contributed by atoms with E-state index in [1.54, 1.807) is 0 Å². The van der Waals surface area contributed by atoms with Crippen LogP contribution in [0.4, 0.5) is 5.69 Å². The molecule has 19 heavy (non-hydrogen) atoms. The number of benzene rings is 1. The average Bonchev–Trinajstić information content (AvgIpc) is 2.49. The molecule has 2 aliphatic rings. The van der Waals surface area contributed by atoms with Crippen LogP contribution in [0.25, 0.3) is 0 Å². The van der Waals surface area contributed by atoms with Crippen LogP contribution in [0.2, 0.25) is 0 Å². The molecular weight excluding hydrogens is 232 g/mol. The fourth-order valence-corrected chi connectivity index (χ4v) is 3.92. The minimum Gasteiger partial charge on any atom is -0.371 e. The second kappa shape index (κ2) is 5.54. The molecule has 104 valence electrons. The van der Waals surface area contributed by atoms with Crippen LogP contribution in [0.15, 0.2) is 24.3 Å². The highest BCUT2D eigenvalue weighted by Crippen LogP contribution is 2.45. The second-order valence-electron chi connectivity index (χ2n) is 6.42. The first kappa shape index (κ1) is 13.0. The summed E-state index contributed by atoms with van der Waals surface area (Å²) in [5, 5.41) is 0. The molecule has 0 aromatic heterocycles. The van der Waals surface area contributed by atoms with Crippen molar-refractivity contribution >= 4 is 5.69 Å². The molecule has 1 aliphatic carbocycles. The van der Waals surface area contributed by atoms with Gasteiger partial charge in [0.2, 0.25) is 0 Å². The Kier molecular flexibility index (Phi) is 3.79. The van der Waals surface area contributed by atoms with Crippen molar-refractivity contribution in [1.29, 1.82) is 0 Å². The van der Waals surface area contributed by atoms with Gasteiger partial charge in [-0.15, -0.1) is 0 Å². The van der Waals surface area contributed by atoms with Gasteiger partial charge in [0.05, 0.1) is 0 Å². The Bertz CT molecular complexity index is 411. The van der Waals surface area contributed by atoms with Gasteiger partial charge in [0.1, 0.15) is 0 Å². The summed E-state index contributed by atoms with van der Waals surface area (Å²) in [6.45, 7) is 3.10. The lowest BCUT2D eigenvalue weighted by Crippen LogP contribution is -2.41. The molecule has 2 heteroatoms. The molecule has 2 nitrogen and oxygen atoms in total. The van der Waals surface area contributed by atoms with E-state index in [1.165, 1.54) is 69.3 Å². The number of nitrogens with two attached hydrogens (primary N) is 1. The van der Waals surface area contributed by atoms with E-state index in [-0.39, 0.29) is 0 Å². The van der Waals surface area contributed by atoms with Crippen LogP contribution < -0.4 is 10.6 Å². The van der Waals surface area contributed by atoms with Crippen LogP contribution in [0.3, 0.4) is 0 Å². The van der Waals surface area contributed by atoms with Gasteiger partial charge in [0.15, 0.2) is 0 Å². The zero-order valence-electron chi connectivity index (χ0n) is 11.9. The summed E-state index contributed by atoms with van der Waals surface area (Å²) in [4.78, 5) is 2.55. The van der Waals surface area contributed by atoms with E-state index >= 15 is 0 Å². The topological polar surface area (TPSA) is 29.3 Å². The number of nitrogens with zero attached hydrogens (tertiary/aromatic N) is 1. The zero-order chi connectivity index (χ0) is 13.1. The normalized spacial score (nSPS) is 22.7. The Hall–Kier alpha value is -1.02. The molecule has 1 heterocycles. The van der Waals surface area contributed by atoms with Crippen molar-refractivity contribution < 1.29 is 0 Å². The minimum atomic E-state index is 0.644. The Labute approximate surface area is 117 Å². The highest BCUT2D eigenvalue weighted by molar-refractivity contribution is 5.49. The van der Waals surface area contributed by atoms with Crippen LogP contribution >= 0.6 is 0 Å². The molecule has 1 saturated carbocycles. The summed E-state index contributed by atoms with van der Waals surface area (Å²) in [5.74, 6) is 0. The summed E-state index contributed by atoms with van der Waals surface area (Å²) in [6.07, 6.45) is 10.1. The maximum atomic E-state index is 5.74. The lowest BCUT2D eigenvalue weighted by Gasteiger charge is -2.45. The van der Waals surface area contributed by atoms with Gasteiger partial charge in [0, 0.05) is 25.3 Å². The fraction of sp³-hybridized carbons (Fsp3) is 0.647. The van der Waals surface area contributed by atoms with E-state index in [0.717, 1.165) is 0 Å². The Morgan fingerprint density at radius 1 is 1.00 bits per heavy atom. The molecule has 0 bridgehead atoms. The first-order valence-electron chi connectivity index (χ1n) is 7.85. The molecule has 1 aliphatic heterocycles. The van der Waals surface area contributed by atoms with Gasteiger partial charge in [-0.2, -0.15) is 0 Å². The maximum absolute atomic E-state index is 5.74. The molecular formula is C17H26N2. The number of piperidine rings is 1. The standard InChI is InChI=1S/C17H26N2/c18-14-15-5-4-6-16(13-15)19-11-9-17(10-12-19)7-2-1-3-8-17/h4-6,13H,1-3,7-12,14,18H2. The fourth-order valence-electron chi connectivity index (χ4n) is 3.92. The van der Waals surface area contributed by atoms with Gasteiger partial charge >= 0.3 is 0 Å². The van der Waals surface area contributed by atoms with Crippen LogP contribution in [0, 0.1) is 5.41 Å². The maximum Gasteiger partial charge on any atom is 0.0369 e. The molecule has 0 atom stereocenters. The predicted molar refractivity (Wildman–Crippen MR) is 81.3 cm³/mol. The number of anilines is 1. The highest BCUT2D eigenvalue weighted by Gasteiger charge is 2.35. The lowest BCUT2D eigenvalue weighted by atomic mass is 9.68. The predicted octanol–water partition coefficient (Wildman–Crippen LogP) is 3.70. The summed E-state index contributed by atoms with van der Waals surface area (Å²) in [7, 11) is 0. The van der Waals surface area contributed by atoms with E-state index < -0.39 is 0 Å². The van der Waals surface area contributed by atoms with Crippen LogP contribution in [-0.2, 0) is 6.54 Å². The highest BCUT2D eigenvalue weighted by atomic mass is 15.1.